The van der Waals surface area contributed by atoms with E-state index in [-0.39, 0.29) is 83.9 Å². The van der Waals surface area contributed by atoms with Gasteiger partial charge in [0.15, 0.2) is 95.0 Å². The van der Waals surface area contributed by atoms with Crippen LogP contribution in [0.5, 0.6) is 0 Å². The second-order valence-corrected chi connectivity index (χ2v) is 36.1. The largest absolute Gasteiger partial charge is 0.388 e. The smallest absolute Gasteiger partial charge is 0.351 e. The average Bonchev–Trinajstić information content (AvgIpc) is 1.64. The summed E-state index contributed by atoms with van der Waals surface area (Å²) in [5.74, 6) is -2.30. The summed E-state index contributed by atoms with van der Waals surface area (Å²) in [6.07, 6.45) is 12.7. The number of nitrogens with zero attached hydrogens (tertiary/aromatic N) is 16. The van der Waals surface area contributed by atoms with Crippen LogP contribution in [0.4, 0.5) is 23.3 Å². The summed E-state index contributed by atoms with van der Waals surface area (Å²) >= 11 is 0. The van der Waals surface area contributed by atoms with Crippen LogP contribution in [0.1, 0.15) is 120 Å². The summed E-state index contributed by atoms with van der Waals surface area (Å²) in [6.45, 7) is 22.0. The number of carbonyl (C=O) groups excluding carboxylic acids is 5. The molecule has 0 aliphatic carbocycles. The van der Waals surface area contributed by atoms with E-state index in [0.717, 1.165) is 0 Å². The molecule has 8 aromatic heterocycles. The fourth-order valence-electron chi connectivity index (χ4n) is 11.7. The molecule has 22 N–H and O–H groups in total. The maximum atomic E-state index is 13.6. The Morgan fingerprint density at radius 2 is 0.689 bits per heavy atom. The zero-order chi connectivity index (χ0) is 90.7. The van der Waals surface area contributed by atoms with Crippen molar-refractivity contribution in [2.24, 2.45) is 5.73 Å². The van der Waals surface area contributed by atoms with Crippen molar-refractivity contribution in [3.8, 4) is 24.7 Å². The lowest BCUT2D eigenvalue weighted by atomic mass is 10.1. The Morgan fingerprint density at radius 3 is 0.934 bits per heavy atom. The van der Waals surface area contributed by atoms with Crippen molar-refractivity contribution in [1.82, 2.24) is 98.4 Å². The zero-order valence-electron chi connectivity index (χ0n) is 67.4. The van der Waals surface area contributed by atoms with E-state index in [4.69, 9.17) is 99.0 Å². The lowest BCUT2D eigenvalue weighted by molar-refractivity contribution is -0.200. The van der Waals surface area contributed by atoms with Crippen LogP contribution in [0.25, 0.3) is 44.7 Å². The number of carbonyl (C=O) groups is 5. The Balaban J connectivity index is 0.000000200. The Kier molecular flexibility index (Phi) is 32.0. The lowest BCUT2D eigenvalue weighted by Crippen LogP contribution is -2.42. The van der Waals surface area contributed by atoms with Crippen LogP contribution >= 0.6 is 30.1 Å². The first-order valence-electron chi connectivity index (χ1n) is 36.5. The van der Waals surface area contributed by atoms with Gasteiger partial charge in [-0.15, -0.1) is 12.8 Å². The molecule has 4 fully saturated rings. The number of ether oxygens (including phenoxy) is 8. The molecule has 0 saturated carbocycles. The topological polar surface area (TPSA) is 742 Å². The number of hydrogen-bond donors (Lipinski definition) is 17. The number of aromatic nitrogens is 16. The van der Waals surface area contributed by atoms with Crippen LogP contribution in [0.15, 0.2) is 75.9 Å². The van der Waals surface area contributed by atoms with Crippen LogP contribution in [0.2, 0.25) is 0 Å². The number of rotatable bonds is 31. The van der Waals surface area contributed by atoms with Gasteiger partial charge in [0, 0.05) is 25.7 Å². The van der Waals surface area contributed by atoms with Gasteiger partial charge < -0.3 is 107 Å². The number of aliphatic hydroxyl groups is 4. The van der Waals surface area contributed by atoms with Crippen molar-refractivity contribution < 1.29 is 120 Å². The highest BCUT2D eigenvalue weighted by molar-refractivity contribution is 7.60. The third-order valence-electron chi connectivity index (χ3n) is 18.8. The molecular formula is C68H97N25O25P4. The van der Waals surface area contributed by atoms with E-state index in [2.05, 4.69) is 105 Å². The minimum atomic E-state index is -4.45. The number of nitrogens with one attached hydrogen (secondary N) is 4. The van der Waals surface area contributed by atoms with Gasteiger partial charge in [0.25, 0.3) is 0 Å². The molecule has 4 aliphatic heterocycles. The fourth-order valence-corrected chi connectivity index (χ4v) is 16.9. The summed E-state index contributed by atoms with van der Waals surface area (Å²) in [5.41, 5.74) is 30.9. The van der Waals surface area contributed by atoms with Crippen LogP contribution < -0.4 is 49.0 Å². The maximum absolute atomic E-state index is 13.6. The normalized spacial score (nSPS) is 25.3. The molecule has 17 atom stereocenters. The van der Waals surface area contributed by atoms with Crippen LogP contribution in [-0.4, -0.2) is 250 Å². The first kappa shape index (κ1) is 97.9. The van der Waals surface area contributed by atoms with E-state index < -0.39 is 152 Å². The van der Waals surface area contributed by atoms with Crippen molar-refractivity contribution in [1.29, 1.82) is 0 Å². The van der Waals surface area contributed by atoms with Gasteiger partial charge in [-0.3, -0.25) is 60.5 Å². The first-order chi connectivity index (χ1) is 56.9. The molecule has 122 heavy (non-hydrogen) atoms. The Labute approximate surface area is 694 Å². The van der Waals surface area contributed by atoms with E-state index in [0.29, 0.717) is 44.7 Å². The van der Waals surface area contributed by atoms with E-state index in [1.807, 2.05) is 0 Å². The first-order valence-corrected chi connectivity index (χ1v) is 43.9. The molecule has 50 nitrogen and oxygen atoms in total. The number of fused-ring (bicyclic) bond motifs is 4. The molecule has 664 valence electrons. The maximum Gasteiger partial charge on any atom is 0.351 e. The number of anilines is 4. The molecule has 0 bridgehead atoms. The number of terminal acetylenes is 2. The second kappa shape index (κ2) is 39.9. The van der Waals surface area contributed by atoms with Crippen molar-refractivity contribution in [3.63, 3.8) is 0 Å². The van der Waals surface area contributed by atoms with Gasteiger partial charge in [-0.05, 0) is 93.2 Å². The number of nitrogens with two attached hydrogens (primary N) is 5. The number of Topliss-reactive ketones (excluding diaryl/α,β-unsaturated/α-hetero) is 5. The molecule has 0 radical (unpaired) electrons. The number of aliphatic hydroxyl groups excluding tert-OH is 4. The van der Waals surface area contributed by atoms with E-state index in [9.17, 15) is 62.7 Å². The van der Waals surface area contributed by atoms with Crippen LogP contribution in [0.3, 0.4) is 0 Å². The number of nitrogen functional groups attached to an aromatic ring is 4. The quantitative estimate of drug-likeness (QED) is 0.0155. The minimum absolute atomic E-state index is 0.0358. The van der Waals surface area contributed by atoms with E-state index in [1.165, 1.54) is 130 Å². The summed E-state index contributed by atoms with van der Waals surface area (Å²) in [7, 11) is -16.2. The summed E-state index contributed by atoms with van der Waals surface area (Å²) in [5, 5.41) is 53.0. The monoisotopic (exact) mass is 1790 g/mol. The standard InChI is InChI=1S/C20H30N7O6P.C20H28N7O6P.C12H16N5O6P.C12H14N5O6P.C4H9NO/c2*1-6-20(32-10-34(31,25-11(2)13(4)28)26-12(3)14(5)29)7-15(30)19(33-20)27-9-24-16-17(21)22-8-23-18(16)27;2*1-2-12(22-6-24(19,20)21)3-7(18)11(23-12)17-5-16-8-9(13)14-4-15-10(8)17;1-3(5)4(2)6/h6,8-9,11-12,15,19,30H,1,7,10H2,2-5H3,(H2,21,22,23)(H2,25,26,31);1,8-9,11-12,15,19,30H,7,10H2,2-5H3,(H2,21,22,23)(H2,25,26,31);2,4-5,7,11,18H,1,3,6H2,(H2,13,14,15)(H2,19,20,21);1,4-5,7,11,18H,3,6H2,(H2,13,14,15)(H2,19,20,21);3H,5H2,1-2H3/t2*11-,12-,15+,19+,20-;2*7-,11-,12+;3-/m00110/s1. The molecule has 4 saturated heterocycles. The van der Waals surface area contributed by atoms with Crippen molar-refractivity contribution in [2.45, 2.75) is 198 Å². The fraction of sp³-hybridized carbons (Fsp3) is 0.515. The van der Waals surface area contributed by atoms with Gasteiger partial charge in [-0.25, -0.2) is 80.2 Å². The number of ketones is 5. The molecule has 54 heteroatoms. The molecule has 12 rings (SSSR count). The molecule has 0 aromatic carbocycles. The van der Waals surface area contributed by atoms with Crippen molar-refractivity contribution >= 4 is 127 Å². The molecular weight excluding hydrogens is 1690 g/mol. The van der Waals surface area contributed by atoms with Crippen molar-refractivity contribution in [2.75, 3.05) is 48.3 Å². The van der Waals surface area contributed by atoms with Crippen LogP contribution in [0, 0.1) is 24.7 Å². The highest BCUT2D eigenvalue weighted by Gasteiger charge is 2.53. The van der Waals surface area contributed by atoms with Gasteiger partial charge in [0.2, 0.25) is 26.5 Å². The van der Waals surface area contributed by atoms with Gasteiger partial charge in [-0.2, -0.15) is 0 Å². The van der Waals surface area contributed by atoms with Gasteiger partial charge in [0.05, 0.1) is 55.5 Å². The number of imidazole rings is 4. The lowest BCUT2D eigenvalue weighted by Gasteiger charge is -2.31. The molecule has 4 aliphatic rings. The Morgan fingerprint density at radius 1 is 0.451 bits per heavy atom. The number of hydrogen-bond acceptors (Lipinski definition) is 38. The van der Waals surface area contributed by atoms with Gasteiger partial charge in [-0.1, -0.05) is 13.2 Å². The SMILES string of the molecule is C#C[C@@]1(OCP(=O)(N[C@@H](C)C(C)=O)N[C@@H](C)C(C)=O)C[C@@H](O)[C@H](n2cnc3c(N)ncnc32)O1.C#C[C@@]1(OCP(=O)(O)O)C[C@@H](O)[C@H](n2cnc3c(N)ncnc32)O1.C=C[C@@]1(OCP(=O)(N[C@@H](C)C(C)=O)N[C@@H](C)C(C)=O)C[C@@H](O)[C@H](n2cnc3c(N)ncnc32)O1.C=C[C@@]1(OCP(=O)(O)O)C[C@@H](O)[C@H](n2cnc3c(N)ncnc32)O1.CC(=O)[C@H](C)N. The van der Waals surface area contributed by atoms with Crippen molar-refractivity contribution in [3.05, 3.63) is 75.9 Å². The molecule has 12 heterocycles. The van der Waals surface area contributed by atoms with Gasteiger partial charge >= 0.3 is 15.2 Å². The van der Waals surface area contributed by atoms with E-state index >= 15 is 0 Å². The zero-order valence-corrected chi connectivity index (χ0v) is 70.9. The summed E-state index contributed by atoms with van der Waals surface area (Å²) in [6, 6.07) is -3.37. The summed E-state index contributed by atoms with van der Waals surface area (Å²) < 4.78 is 100. The van der Waals surface area contributed by atoms with E-state index in [1.54, 1.807) is 20.8 Å². The van der Waals surface area contributed by atoms with Gasteiger partial charge in [0.1, 0.15) is 113 Å². The third-order valence-corrected chi connectivity index (χ3v) is 24.0. The van der Waals surface area contributed by atoms with Crippen LogP contribution in [-0.2, 0) is 80.1 Å². The molecule has 0 unspecified atom stereocenters. The summed E-state index contributed by atoms with van der Waals surface area (Å²) in [4.78, 5) is 141. The second-order valence-electron chi connectivity index (χ2n) is 28.4. The third kappa shape index (κ3) is 24.1. The highest BCUT2D eigenvalue weighted by Crippen LogP contribution is 2.49. The average molecular weight is 1790 g/mol. The predicted octanol–water partition coefficient (Wildman–Crippen LogP) is 0.00580. The molecule has 0 amide bonds. The molecule has 8 aromatic rings. The molecule has 0 spiro atoms. The highest BCUT2D eigenvalue weighted by atomic mass is 31.2. The predicted molar refractivity (Wildman–Crippen MR) is 431 cm³/mol. The Hall–Kier alpha value is -9.57. The Bertz CT molecular complexity index is 5390. The minimum Gasteiger partial charge on any atom is -0.388 e.